The number of carbonyl (C=O) groups is 1. The summed E-state index contributed by atoms with van der Waals surface area (Å²) in [6.45, 7) is 5.91. The molecular weight excluding hydrogens is 466 g/mol. The molecule has 2 saturated heterocycles. The summed E-state index contributed by atoms with van der Waals surface area (Å²) in [4.78, 5) is 30.0. The number of nitrogen functional groups attached to an aromatic ring is 1. The van der Waals surface area contributed by atoms with E-state index >= 15 is 0 Å². The molecule has 0 radical (unpaired) electrons. The van der Waals surface area contributed by atoms with Crippen LogP contribution in [0.25, 0.3) is 21.6 Å². The number of hydrogen-bond acceptors (Lipinski definition) is 10. The minimum Gasteiger partial charge on any atom is -0.398 e. The van der Waals surface area contributed by atoms with Gasteiger partial charge in [-0.05, 0) is 12.1 Å². The lowest BCUT2D eigenvalue weighted by atomic mass is 10.1. The molecule has 0 aliphatic carbocycles. The predicted octanol–water partition coefficient (Wildman–Crippen LogP) is 1.41. The summed E-state index contributed by atoms with van der Waals surface area (Å²) in [7, 11) is 0. The van der Waals surface area contributed by atoms with Gasteiger partial charge in [-0.1, -0.05) is 12.1 Å². The van der Waals surface area contributed by atoms with E-state index in [2.05, 4.69) is 15.9 Å². The van der Waals surface area contributed by atoms with Gasteiger partial charge in [-0.25, -0.2) is 9.97 Å². The fourth-order valence-corrected chi connectivity index (χ4v) is 5.65. The number of aliphatic hydroxyl groups excluding tert-OH is 1. The third-order valence-corrected chi connectivity index (χ3v) is 7.51. The van der Waals surface area contributed by atoms with E-state index in [0.717, 1.165) is 54.3 Å². The van der Waals surface area contributed by atoms with Gasteiger partial charge < -0.3 is 30.8 Å². The van der Waals surface area contributed by atoms with Gasteiger partial charge in [-0.2, -0.15) is 0 Å². The first-order valence-electron chi connectivity index (χ1n) is 11.7. The van der Waals surface area contributed by atoms with Crippen LogP contribution in [-0.4, -0.2) is 96.1 Å². The second-order valence-corrected chi connectivity index (χ2v) is 9.78. The lowest BCUT2D eigenvalue weighted by molar-refractivity contribution is -0.135. The number of thiophene rings is 1. The Morgan fingerprint density at radius 1 is 1.17 bits per heavy atom. The molecule has 11 heteroatoms. The van der Waals surface area contributed by atoms with Crippen molar-refractivity contribution in [1.29, 1.82) is 5.41 Å². The van der Waals surface area contributed by atoms with Gasteiger partial charge in [0.05, 0.1) is 18.6 Å². The fourth-order valence-electron chi connectivity index (χ4n) is 4.59. The van der Waals surface area contributed by atoms with Crippen molar-refractivity contribution in [3.8, 4) is 11.4 Å². The molecule has 1 aromatic carbocycles. The van der Waals surface area contributed by atoms with E-state index in [1.54, 1.807) is 22.3 Å². The molecule has 5 rings (SSSR count). The Bertz CT molecular complexity index is 1230. The number of benzene rings is 1. The molecule has 2 aromatic heterocycles. The summed E-state index contributed by atoms with van der Waals surface area (Å²) in [5.41, 5.74) is 8.02. The van der Waals surface area contributed by atoms with Crippen LogP contribution in [0.15, 0.2) is 24.3 Å². The smallest absolute Gasteiger partial charge is 0.248 e. The van der Waals surface area contributed by atoms with E-state index in [0.29, 0.717) is 43.4 Å². The number of ether oxygens (including phenoxy) is 1. The number of nitrogens with one attached hydrogen (secondary N) is 1. The second kappa shape index (κ2) is 10.2. The molecule has 4 heterocycles. The molecule has 1 amide bonds. The van der Waals surface area contributed by atoms with E-state index in [1.165, 1.54) is 11.1 Å². The minimum atomic E-state index is -0.436. The second-order valence-electron chi connectivity index (χ2n) is 8.67. The monoisotopic (exact) mass is 495 g/mol. The zero-order chi connectivity index (χ0) is 24.4. The van der Waals surface area contributed by atoms with Crippen LogP contribution >= 0.6 is 11.3 Å². The number of nitrogens with zero attached hydrogens (tertiary/aromatic N) is 5. The summed E-state index contributed by atoms with van der Waals surface area (Å²) >= 11 is 1.65. The van der Waals surface area contributed by atoms with E-state index < -0.39 is 6.61 Å². The Morgan fingerprint density at radius 3 is 2.66 bits per heavy atom. The molecule has 0 atom stereocenters. The molecule has 0 saturated carbocycles. The lowest BCUT2D eigenvalue weighted by Gasteiger charge is -2.34. The lowest BCUT2D eigenvalue weighted by Crippen LogP contribution is -2.49. The van der Waals surface area contributed by atoms with Crippen molar-refractivity contribution in [2.45, 2.75) is 6.54 Å². The van der Waals surface area contributed by atoms with Crippen molar-refractivity contribution in [3.63, 3.8) is 0 Å². The molecule has 2 aliphatic heterocycles. The number of morpholine rings is 1. The normalized spacial score (nSPS) is 17.2. The topological polar surface area (TPSA) is 132 Å². The van der Waals surface area contributed by atoms with E-state index in [-0.39, 0.29) is 5.91 Å². The third-order valence-electron chi connectivity index (χ3n) is 6.50. The zero-order valence-corrected chi connectivity index (χ0v) is 20.3. The van der Waals surface area contributed by atoms with Crippen LogP contribution in [0.2, 0.25) is 0 Å². The molecule has 184 valence electrons. The van der Waals surface area contributed by atoms with Gasteiger partial charge in [0.15, 0.2) is 5.82 Å². The maximum atomic E-state index is 11.8. The first-order valence-corrected chi connectivity index (χ1v) is 12.5. The van der Waals surface area contributed by atoms with Gasteiger partial charge in [-0.3, -0.25) is 9.69 Å². The highest BCUT2D eigenvalue weighted by molar-refractivity contribution is 7.18. The van der Waals surface area contributed by atoms with Crippen LogP contribution in [0.5, 0.6) is 0 Å². The highest BCUT2D eigenvalue weighted by atomic mass is 32.1. The van der Waals surface area contributed by atoms with Gasteiger partial charge in [0.2, 0.25) is 5.91 Å². The average Bonchev–Trinajstić information content (AvgIpc) is 3.30. The number of amides is 1. The predicted molar refractivity (Wildman–Crippen MR) is 137 cm³/mol. The maximum absolute atomic E-state index is 11.8. The molecule has 0 spiro atoms. The number of rotatable bonds is 6. The third kappa shape index (κ3) is 4.85. The first kappa shape index (κ1) is 23.6. The number of aromatic nitrogens is 2. The number of hydrogen-bond donors (Lipinski definition) is 3. The molecular formula is C24H29N7O3S. The Hall–Kier alpha value is -3.12. The van der Waals surface area contributed by atoms with Crippen molar-refractivity contribution >= 4 is 45.2 Å². The number of aliphatic hydroxyl groups is 1. The summed E-state index contributed by atoms with van der Waals surface area (Å²) < 4.78 is 5.56. The number of nitrogens with two attached hydrogens (primary N) is 1. The number of carbonyl (C=O) groups excluding carboxylic acids is 1. The van der Waals surface area contributed by atoms with Gasteiger partial charge in [0.25, 0.3) is 0 Å². The van der Waals surface area contributed by atoms with Crippen molar-refractivity contribution in [1.82, 2.24) is 19.8 Å². The molecule has 4 N–H and O–H groups in total. The van der Waals surface area contributed by atoms with Crippen LogP contribution in [0.3, 0.4) is 0 Å². The van der Waals surface area contributed by atoms with Crippen LogP contribution in [-0.2, 0) is 16.1 Å². The molecule has 0 bridgehead atoms. The van der Waals surface area contributed by atoms with Crippen LogP contribution in [0.4, 0.5) is 11.5 Å². The summed E-state index contributed by atoms with van der Waals surface area (Å²) in [6.07, 6.45) is 1.26. The molecule has 35 heavy (non-hydrogen) atoms. The molecule has 10 nitrogen and oxygen atoms in total. The molecule has 2 aliphatic rings. The summed E-state index contributed by atoms with van der Waals surface area (Å²) in [6, 6.07) is 7.72. The van der Waals surface area contributed by atoms with Crippen LogP contribution in [0.1, 0.15) is 10.4 Å². The highest BCUT2D eigenvalue weighted by Gasteiger charge is 2.24. The van der Waals surface area contributed by atoms with Gasteiger partial charge in [-0.15, -0.1) is 11.3 Å². The highest BCUT2D eigenvalue weighted by Crippen LogP contribution is 2.35. The molecule has 3 aromatic rings. The molecule has 2 fully saturated rings. The SMILES string of the molecule is N=Cc1c(N)cccc1-c1nc(N2CCOCC2)c2cc(CN3CCN(C(=O)CO)CC3)sc2n1. The van der Waals surface area contributed by atoms with Gasteiger partial charge in [0.1, 0.15) is 17.3 Å². The minimum absolute atomic E-state index is 0.213. The number of anilines is 2. The quantitative estimate of drug-likeness (QED) is 0.346. The maximum Gasteiger partial charge on any atom is 0.248 e. The standard InChI is InChI=1S/C24H29N7O3S/c25-13-19-17(2-1-3-20(19)26)22-27-23(31-8-10-34-11-9-31)18-12-16(35-24(18)28-22)14-29-4-6-30(7-5-29)21(33)15-32/h1-3,12-13,25,32H,4-11,14-15,26H2. The largest absolute Gasteiger partial charge is 0.398 e. The van der Waals surface area contributed by atoms with Gasteiger partial charge >= 0.3 is 0 Å². The number of piperazine rings is 1. The Balaban J connectivity index is 1.48. The zero-order valence-electron chi connectivity index (χ0n) is 19.4. The first-order chi connectivity index (χ1) is 17.1. The Labute approximate surface area is 207 Å². The van der Waals surface area contributed by atoms with Gasteiger partial charge in [0, 0.05) is 73.7 Å². The van der Waals surface area contributed by atoms with Crippen molar-refractivity contribution in [3.05, 3.63) is 34.7 Å². The fraction of sp³-hybridized carbons (Fsp3) is 0.417. The van der Waals surface area contributed by atoms with Crippen molar-refractivity contribution < 1.29 is 14.6 Å². The van der Waals surface area contributed by atoms with Crippen molar-refractivity contribution in [2.24, 2.45) is 0 Å². The van der Waals surface area contributed by atoms with Crippen LogP contribution in [0, 0.1) is 5.41 Å². The van der Waals surface area contributed by atoms with E-state index in [9.17, 15) is 4.79 Å². The van der Waals surface area contributed by atoms with E-state index in [4.69, 9.17) is 31.0 Å². The summed E-state index contributed by atoms with van der Waals surface area (Å²) in [5, 5.41) is 18.0. The Kier molecular flexibility index (Phi) is 6.91. The summed E-state index contributed by atoms with van der Waals surface area (Å²) in [5.74, 6) is 1.23. The van der Waals surface area contributed by atoms with Crippen LogP contribution < -0.4 is 10.6 Å². The number of fused-ring (bicyclic) bond motifs is 1. The van der Waals surface area contributed by atoms with Crippen molar-refractivity contribution in [2.75, 3.05) is 69.7 Å². The Morgan fingerprint density at radius 2 is 1.94 bits per heavy atom. The average molecular weight is 496 g/mol. The van der Waals surface area contributed by atoms with E-state index in [1.807, 2.05) is 12.1 Å². The molecule has 0 unspecified atom stereocenters.